The van der Waals surface area contributed by atoms with Crippen molar-refractivity contribution in [2.75, 3.05) is 25.1 Å². The largest absolute Gasteiger partial charge is 0.490 e. The number of benzene rings is 3. The molecule has 0 heterocycles. The summed E-state index contributed by atoms with van der Waals surface area (Å²) >= 11 is 0. The van der Waals surface area contributed by atoms with Crippen LogP contribution in [-0.2, 0) is 16.4 Å². The first-order valence-electron chi connectivity index (χ1n) is 13.8. The summed E-state index contributed by atoms with van der Waals surface area (Å²) in [5.74, 6) is -0.285. The molecule has 0 aliphatic heterocycles. The summed E-state index contributed by atoms with van der Waals surface area (Å²) in [5, 5.41) is 13.6. The number of amides is 1. The monoisotopic (exact) mass is 565 g/mol. The number of aryl methyl sites for hydroxylation is 1. The van der Waals surface area contributed by atoms with E-state index in [4.69, 9.17) is 10.5 Å². The van der Waals surface area contributed by atoms with E-state index in [1.807, 2.05) is 36.4 Å². The molecule has 5 N–H and O–H groups in total. The van der Waals surface area contributed by atoms with Gasteiger partial charge in [0.05, 0.1) is 24.0 Å². The number of rotatable bonds is 12. The number of hydrogen-bond acceptors (Lipinski definition) is 7. The van der Waals surface area contributed by atoms with E-state index < -0.39 is 22.0 Å². The first-order valence-corrected chi connectivity index (χ1v) is 15.7. The van der Waals surface area contributed by atoms with Crippen LogP contribution in [0.3, 0.4) is 0 Å². The SMILES string of the molecule is CS(=O)(=O)NC(=O)c1ccc(-c2ccc(CCCNC[C@H](O)c3ccc(N)cc3)cc2)cc1OC1CCCCC1. The Balaban J connectivity index is 1.35. The summed E-state index contributed by atoms with van der Waals surface area (Å²) in [4.78, 5) is 12.7. The predicted octanol–water partition coefficient (Wildman–Crippen LogP) is 4.59. The lowest BCUT2D eigenvalue weighted by atomic mass is 9.97. The molecular weight excluding hydrogens is 526 g/mol. The van der Waals surface area contributed by atoms with Crippen molar-refractivity contribution in [2.45, 2.75) is 57.2 Å². The van der Waals surface area contributed by atoms with E-state index in [0.717, 1.165) is 68.0 Å². The first-order chi connectivity index (χ1) is 19.2. The fraction of sp³-hybridized carbons (Fsp3) is 0.387. The number of carbonyl (C=O) groups is 1. The van der Waals surface area contributed by atoms with Gasteiger partial charge in [-0.05, 0) is 91.6 Å². The molecule has 0 unspecified atom stereocenters. The topological polar surface area (TPSA) is 131 Å². The minimum Gasteiger partial charge on any atom is -0.490 e. The molecule has 0 spiro atoms. The highest BCUT2D eigenvalue weighted by molar-refractivity contribution is 7.89. The number of aliphatic hydroxyl groups excluding tert-OH is 1. The summed E-state index contributed by atoms with van der Waals surface area (Å²) in [6, 6.07) is 20.8. The number of nitrogens with two attached hydrogens (primary N) is 1. The lowest BCUT2D eigenvalue weighted by molar-refractivity contribution is 0.0969. The maximum Gasteiger partial charge on any atom is 0.268 e. The van der Waals surface area contributed by atoms with E-state index in [9.17, 15) is 18.3 Å². The van der Waals surface area contributed by atoms with Gasteiger partial charge in [0.15, 0.2) is 0 Å². The summed E-state index contributed by atoms with van der Waals surface area (Å²) in [6.07, 6.45) is 7.39. The fourth-order valence-electron chi connectivity index (χ4n) is 4.93. The van der Waals surface area contributed by atoms with E-state index in [1.54, 1.807) is 18.2 Å². The van der Waals surface area contributed by atoms with Crippen molar-refractivity contribution in [3.63, 3.8) is 0 Å². The molecule has 1 saturated carbocycles. The van der Waals surface area contributed by atoms with Crippen LogP contribution in [0.1, 0.15) is 66.1 Å². The average molecular weight is 566 g/mol. The van der Waals surface area contributed by atoms with Crippen LogP contribution < -0.4 is 20.5 Å². The third-order valence-electron chi connectivity index (χ3n) is 7.12. The minimum atomic E-state index is -3.69. The zero-order valence-electron chi connectivity index (χ0n) is 22.9. The summed E-state index contributed by atoms with van der Waals surface area (Å²) in [5.41, 5.74) is 10.5. The van der Waals surface area contributed by atoms with Crippen molar-refractivity contribution in [1.82, 2.24) is 10.0 Å². The molecule has 0 saturated heterocycles. The Labute approximate surface area is 237 Å². The normalized spacial score (nSPS) is 14.9. The molecule has 0 radical (unpaired) electrons. The number of hydrogen-bond donors (Lipinski definition) is 4. The van der Waals surface area contributed by atoms with Gasteiger partial charge in [0.2, 0.25) is 10.0 Å². The van der Waals surface area contributed by atoms with Gasteiger partial charge in [0.1, 0.15) is 5.75 Å². The van der Waals surface area contributed by atoms with E-state index >= 15 is 0 Å². The fourth-order valence-corrected chi connectivity index (χ4v) is 5.38. The van der Waals surface area contributed by atoms with E-state index in [1.165, 1.54) is 12.0 Å². The first kappa shape index (κ1) is 29.6. The molecular formula is C31H39N3O5S. The second-order valence-corrected chi connectivity index (χ2v) is 12.2. The third kappa shape index (κ3) is 8.81. The molecule has 4 rings (SSSR count). The second-order valence-electron chi connectivity index (χ2n) is 10.5. The van der Waals surface area contributed by atoms with Crippen LogP contribution in [0.5, 0.6) is 5.75 Å². The lowest BCUT2D eigenvalue weighted by Gasteiger charge is -2.24. The Hall–Kier alpha value is -3.40. The number of carbonyl (C=O) groups excluding carboxylic acids is 1. The van der Waals surface area contributed by atoms with Crippen molar-refractivity contribution < 1.29 is 23.1 Å². The molecule has 0 aromatic heterocycles. The second kappa shape index (κ2) is 13.8. The van der Waals surface area contributed by atoms with Crippen LogP contribution in [0.15, 0.2) is 66.7 Å². The quantitative estimate of drug-likeness (QED) is 0.187. The van der Waals surface area contributed by atoms with Crippen LogP contribution in [0.4, 0.5) is 5.69 Å². The zero-order valence-corrected chi connectivity index (χ0v) is 23.8. The van der Waals surface area contributed by atoms with Crippen LogP contribution in [0, 0.1) is 0 Å². The number of aliphatic hydroxyl groups is 1. The van der Waals surface area contributed by atoms with E-state index in [2.05, 4.69) is 22.2 Å². The van der Waals surface area contributed by atoms with Crippen molar-refractivity contribution >= 4 is 21.6 Å². The molecule has 8 nitrogen and oxygen atoms in total. The van der Waals surface area contributed by atoms with Gasteiger partial charge in [-0.1, -0.05) is 48.9 Å². The number of anilines is 1. The van der Waals surface area contributed by atoms with Gasteiger partial charge in [-0.25, -0.2) is 13.1 Å². The van der Waals surface area contributed by atoms with Crippen LogP contribution in [-0.4, -0.2) is 44.9 Å². The Morgan fingerprint density at radius 1 is 1.00 bits per heavy atom. The maximum absolute atomic E-state index is 12.7. The van der Waals surface area contributed by atoms with Crippen molar-refractivity contribution in [1.29, 1.82) is 0 Å². The van der Waals surface area contributed by atoms with Gasteiger partial charge in [-0.15, -0.1) is 0 Å². The van der Waals surface area contributed by atoms with Crippen molar-refractivity contribution in [3.05, 3.63) is 83.4 Å². The van der Waals surface area contributed by atoms with Gasteiger partial charge in [-0.2, -0.15) is 0 Å². The van der Waals surface area contributed by atoms with Gasteiger partial charge in [0, 0.05) is 12.2 Å². The molecule has 1 atom stereocenters. The predicted molar refractivity (Wildman–Crippen MR) is 159 cm³/mol. The molecule has 3 aromatic carbocycles. The molecule has 40 heavy (non-hydrogen) atoms. The minimum absolute atomic E-state index is 0.0115. The zero-order chi connectivity index (χ0) is 28.5. The molecule has 214 valence electrons. The van der Waals surface area contributed by atoms with E-state index in [-0.39, 0.29) is 11.7 Å². The molecule has 3 aromatic rings. The molecule has 9 heteroatoms. The lowest BCUT2D eigenvalue weighted by Crippen LogP contribution is -2.30. The smallest absolute Gasteiger partial charge is 0.268 e. The Morgan fingerprint density at radius 2 is 1.68 bits per heavy atom. The van der Waals surface area contributed by atoms with Crippen molar-refractivity contribution in [2.24, 2.45) is 0 Å². The summed E-state index contributed by atoms with van der Waals surface area (Å²) in [7, 11) is -3.69. The third-order valence-corrected chi connectivity index (χ3v) is 7.67. The van der Waals surface area contributed by atoms with Crippen LogP contribution in [0.25, 0.3) is 11.1 Å². The Bertz CT molecular complexity index is 1370. The average Bonchev–Trinajstić information content (AvgIpc) is 2.93. The van der Waals surface area contributed by atoms with Gasteiger partial charge >= 0.3 is 0 Å². The molecule has 1 aliphatic carbocycles. The van der Waals surface area contributed by atoms with Gasteiger partial charge in [-0.3, -0.25) is 4.79 Å². The Morgan fingerprint density at radius 3 is 2.35 bits per heavy atom. The highest BCUT2D eigenvalue weighted by Crippen LogP contribution is 2.31. The summed E-state index contributed by atoms with van der Waals surface area (Å²) in [6.45, 7) is 1.26. The van der Waals surface area contributed by atoms with Gasteiger partial charge in [0.25, 0.3) is 5.91 Å². The Kier molecular flexibility index (Phi) is 10.2. The maximum atomic E-state index is 12.7. The number of ether oxygens (including phenoxy) is 1. The number of nitrogens with one attached hydrogen (secondary N) is 2. The van der Waals surface area contributed by atoms with E-state index in [0.29, 0.717) is 18.0 Å². The van der Waals surface area contributed by atoms with Crippen LogP contribution >= 0.6 is 0 Å². The standard InChI is InChI=1S/C31H39N3O5S/c1-40(37,38)34-31(36)28-18-15-25(20-30(28)39-27-7-3-2-4-8-27)23-11-9-22(10-12-23)6-5-19-33-21-29(35)24-13-16-26(32)17-14-24/h9-18,20,27,29,33,35H,2-8,19,21,32H2,1H3,(H,34,36)/t29-/m0/s1. The van der Waals surface area contributed by atoms with Gasteiger partial charge < -0.3 is 20.9 Å². The molecule has 0 bridgehead atoms. The number of sulfonamides is 1. The van der Waals surface area contributed by atoms with Crippen molar-refractivity contribution in [3.8, 4) is 16.9 Å². The highest BCUT2D eigenvalue weighted by atomic mass is 32.2. The molecule has 1 fully saturated rings. The summed E-state index contributed by atoms with van der Waals surface area (Å²) < 4.78 is 31.6. The number of nitrogen functional groups attached to an aromatic ring is 1. The van der Waals surface area contributed by atoms with Crippen LogP contribution in [0.2, 0.25) is 0 Å². The molecule has 1 amide bonds. The highest BCUT2D eigenvalue weighted by Gasteiger charge is 2.21. The molecule has 1 aliphatic rings.